The summed E-state index contributed by atoms with van der Waals surface area (Å²) in [7, 11) is 0. The van der Waals surface area contributed by atoms with Crippen LogP contribution in [0.1, 0.15) is 43.5 Å². The van der Waals surface area contributed by atoms with Gasteiger partial charge < -0.3 is 16.0 Å². The predicted octanol–water partition coefficient (Wildman–Crippen LogP) is 2.57. The van der Waals surface area contributed by atoms with Gasteiger partial charge in [-0.1, -0.05) is 0 Å². The molecule has 2 rings (SSSR count). The average Bonchev–Trinajstić information content (AvgIpc) is 2.48. The second-order valence-corrected chi connectivity index (χ2v) is 6.15. The molecular weight excluding hydrogens is 314 g/mol. The molecule has 0 bridgehead atoms. The first-order chi connectivity index (χ1) is 10.5. The Kier molecular flexibility index (Phi) is 8.06. The first-order valence-electron chi connectivity index (χ1n) is 7.96. The quantitative estimate of drug-likeness (QED) is 0.772. The Hall–Kier alpha value is -1.59. The summed E-state index contributed by atoms with van der Waals surface area (Å²) < 4.78 is 0. The van der Waals surface area contributed by atoms with Crippen molar-refractivity contribution in [1.82, 2.24) is 10.6 Å². The van der Waals surface area contributed by atoms with Crippen LogP contribution >= 0.6 is 12.4 Å². The lowest BCUT2D eigenvalue weighted by molar-refractivity contribution is -0.117. The molecule has 1 aromatic carbocycles. The number of piperidine rings is 1. The molecule has 6 heteroatoms. The molecule has 0 unspecified atom stereocenters. The Bertz CT molecular complexity index is 511. The van der Waals surface area contributed by atoms with Gasteiger partial charge in [-0.05, 0) is 70.0 Å². The molecule has 1 aromatic rings. The lowest BCUT2D eigenvalue weighted by Crippen LogP contribution is -2.30. The summed E-state index contributed by atoms with van der Waals surface area (Å²) in [6.07, 6.45) is 2.68. The maximum absolute atomic E-state index is 12.0. The van der Waals surface area contributed by atoms with Crippen LogP contribution in [0.2, 0.25) is 0 Å². The second-order valence-electron chi connectivity index (χ2n) is 6.15. The van der Waals surface area contributed by atoms with Gasteiger partial charge in [0.1, 0.15) is 0 Å². The zero-order valence-electron chi connectivity index (χ0n) is 13.7. The number of benzene rings is 1. The molecular formula is C17H26ClN3O2. The first kappa shape index (κ1) is 19.5. The van der Waals surface area contributed by atoms with Gasteiger partial charge in [0.05, 0.1) is 0 Å². The SMILES string of the molecule is CC(C)NC(=O)c1ccc(NC(=O)CC2CCNCC2)cc1.Cl. The Morgan fingerprint density at radius 3 is 2.35 bits per heavy atom. The Labute approximate surface area is 144 Å². The van der Waals surface area contributed by atoms with E-state index in [9.17, 15) is 9.59 Å². The van der Waals surface area contributed by atoms with Crippen molar-refractivity contribution < 1.29 is 9.59 Å². The van der Waals surface area contributed by atoms with E-state index in [0.29, 0.717) is 17.9 Å². The third-order valence-corrected chi connectivity index (χ3v) is 3.78. The number of carbonyl (C=O) groups excluding carboxylic acids is 2. The largest absolute Gasteiger partial charge is 0.350 e. The van der Waals surface area contributed by atoms with Crippen molar-refractivity contribution in [1.29, 1.82) is 0 Å². The molecule has 1 saturated heterocycles. The number of hydrogen-bond acceptors (Lipinski definition) is 3. The predicted molar refractivity (Wildman–Crippen MR) is 95.1 cm³/mol. The summed E-state index contributed by atoms with van der Waals surface area (Å²) in [5, 5.41) is 9.04. The lowest BCUT2D eigenvalue weighted by atomic mass is 9.94. The van der Waals surface area contributed by atoms with E-state index in [2.05, 4.69) is 16.0 Å². The van der Waals surface area contributed by atoms with E-state index in [0.717, 1.165) is 31.6 Å². The zero-order chi connectivity index (χ0) is 15.9. The summed E-state index contributed by atoms with van der Waals surface area (Å²) in [6.45, 7) is 5.84. The molecule has 0 radical (unpaired) electrons. The van der Waals surface area contributed by atoms with Crippen molar-refractivity contribution in [2.75, 3.05) is 18.4 Å². The van der Waals surface area contributed by atoms with Crippen molar-refractivity contribution >= 4 is 29.9 Å². The van der Waals surface area contributed by atoms with E-state index in [1.54, 1.807) is 24.3 Å². The average molecular weight is 340 g/mol. The monoisotopic (exact) mass is 339 g/mol. The van der Waals surface area contributed by atoms with Gasteiger partial charge in [0.15, 0.2) is 0 Å². The number of nitrogens with one attached hydrogen (secondary N) is 3. The fourth-order valence-electron chi connectivity index (χ4n) is 2.61. The van der Waals surface area contributed by atoms with Crippen LogP contribution in [0.4, 0.5) is 5.69 Å². The highest BCUT2D eigenvalue weighted by atomic mass is 35.5. The van der Waals surface area contributed by atoms with E-state index >= 15 is 0 Å². The van der Waals surface area contributed by atoms with E-state index in [1.165, 1.54) is 0 Å². The van der Waals surface area contributed by atoms with Crippen LogP contribution in [0.25, 0.3) is 0 Å². The normalized spacial score (nSPS) is 14.9. The molecule has 128 valence electrons. The minimum Gasteiger partial charge on any atom is -0.350 e. The van der Waals surface area contributed by atoms with Crippen LogP contribution in [-0.4, -0.2) is 30.9 Å². The van der Waals surface area contributed by atoms with E-state index in [1.807, 2.05) is 13.8 Å². The summed E-state index contributed by atoms with van der Waals surface area (Å²) in [5.74, 6) is 0.422. The smallest absolute Gasteiger partial charge is 0.251 e. The molecule has 1 aliphatic heterocycles. The van der Waals surface area contributed by atoms with E-state index in [4.69, 9.17) is 0 Å². The summed E-state index contributed by atoms with van der Waals surface area (Å²) in [6, 6.07) is 7.12. The van der Waals surface area contributed by atoms with Crippen molar-refractivity contribution in [3.63, 3.8) is 0 Å². The molecule has 0 saturated carbocycles. The Balaban J connectivity index is 0.00000264. The highest BCUT2D eigenvalue weighted by Crippen LogP contribution is 2.17. The summed E-state index contributed by atoms with van der Waals surface area (Å²) in [5.41, 5.74) is 1.34. The van der Waals surface area contributed by atoms with Crippen molar-refractivity contribution in [2.45, 2.75) is 39.2 Å². The maximum atomic E-state index is 12.0. The number of hydrogen-bond donors (Lipinski definition) is 3. The van der Waals surface area contributed by atoms with Crippen LogP contribution < -0.4 is 16.0 Å². The van der Waals surface area contributed by atoms with Crippen molar-refractivity contribution in [2.24, 2.45) is 5.92 Å². The van der Waals surface area contributed by atoms with Gasteiger partial charge in [-0.3, -0.25) is 9.59 Å². The lowest BCUT2D eigenvalue weighted by Gasteiger charge is -2.21. The molecule has 1 heterocycles. The third kappa shape index (κ3) is 6.59. The molecule has 0 spiro atoms. The molecule has 1 fully saturated rings. The molecule has 1 aliphatic rings. The van der Waals surface area contributed by atoms with Gasteiger partial charge >= 0.3 is 0 Å². The number of anilines is 1. The Morgan fingerprint density at radius 2 is 1.78 bits per heavy atom. The van der Waals surface area contributed by atoms with Crippen LogP contribution in [0.3, 0.4) is 0 Å². The van der Waals surface area contributed by atoms with Gasteiger partial charge in [-0.2, -0.15) is 0 Å². The standard InChI is InChI=1S/C17H25N3O2.ClH/c1-12(2)19-17(22)14-3-5-15(6-4-14)20-16(21)11-13-7-9-18-10-8-13;/h3-6,12-13,18H,7-11H2,1-2H3,(H,19,22)(H,20,21);1H. The number of halogens is 1. The van der Waals surface area contributed by atoms with Crippen molar-refractivity contribution in [3.8, 4) is 0 Å². The molecule has 0 atom stereocenters. The van der Waals surface area contributed by atoms with Gasteiger partial charge in [0.2, 0.25) is 5.91 Å². The van der Waals surface area contributed by atoms with Crippen LogP contribution in [0.15, 0.2) is 24.3 Å². The van der Waals surface area contributed by atoms with Gasteiger partial charge in [-0.15, -0.1) is 12.4 Å². The third-order valence-electron chi connectivity index (χ3n) is 3.78. The van der Waals surface area contributed by atoms with Gasteiger partial charge in [0.25, 0.3) is 5.91 Å². The second kappa shape index (κ2) is 9.53. The molecule has 2 amide bonds. The molecule has 0 aromatic heterocycles. The van der Waals surface area contributed by atoms with Gasteiger partial charge in [-0.25, -0.2) is 0 Å². The first-order valence-corrected chi connectivity index (χ1v) is 7.96. The fourth-order valence-corrected chi connectivity index (χ4v) is 2.61. The summed E-state index contributed by atoms with van der Waals surface area (Å²) >= 11 is 0. The van der Waals surface area contributed by atoms with Crippen LogP contribution in [0, 0.1) is 5.92 Å². The number of rotatable bonds is 5. The van der Waals surface area contributed by atoms with Gasteiger partial charge in [0, 0.05) is 23.7 Å². The molecule has 0 aliphatic carbocycles. The summed E-state index contributed by atoms with van der Waals surface area (Å²) in [4.78, 5) is 23.9. The Morgan fingerprint density at radius 1 is 1.17 bits per heavy atom. The molecule has 3 N–H and O–H groups in total. The van der Waals surface area contributed by atoms with Crippen molar-refractivity contribution in [3.05, 3.63) is 29.8 Å². The fraction of sp³-hybridized carbons (Fsp3) is 0.529. The molecule has 23 heavy (non-hydrogen) atoms. The minimum absolute atomic E-state index is 0. The maximum Gasteiger partial charge on any atom is 0.251 e. The van der Waals surface area contributed by atoms with E-state index in [-0.39, 0.29) is 30.3 Å². The van der Waals surface area contributed by atoms with Crippen LogP contribution in [0.5, 0.6) is 0 Å². The van der Waals surface area contributed by atoms with E-state index < -0.39 is 0 Å². The highest BCUT2D eigenvalue weighted by Gasteiger charge is 2.16. The topological polar surface area (TPSA) is 70.2 Å². The number of carbonyl (C=O) groups is 2. The zero-order valence-corrected chi connectivity index (χ0v) is 14.5. The highest BCUT2D eigenvalue weighted by molar-refractivity contribution is 5.95. The molecule has 5 nitrogen and oxygen atoms in total. The minimum atomic E-state index is -0.0948. The van der Waals surface area contributed by atoms with Crippen LogP contribution in [-0.2, 0) is 4.79 Å². The number of amides is 2.